The van der Waals surface area contributed by atoms with Gasteiger partial charge >= 0.3 is 0 Å². The fourth-order valence-electron chi connectivity index (χ4n) is 2.75. The average molecular weight is 339 g/mol. The Bertz CT molecular complexity index is 742. The van der Waals surface area contributed by atoms with Crippen molar-refractivity contribution in [1.29, 1.82) is 0 Å². The van der Waals surface area contributed by atoms with E-state index in [9.17, 15) is 5.11 Å². The molecular weight excluding hydrogens is 323 g/mol. The standard InChI is InChI=1S/C15H16Cl2N4O/c1-8(2)15(22,13-7-18-21-20-13)12-6-3-9-11(19-12)5-4-10(16)14(9)17/h3-6,8,13,22H,7H2,1-2H3,(H,18,20). The summed E-state index contributed by atoms with van der Waals surface area (Å²) < 4.78 is 0. The quantitative estimate of drug-likeness (QED) is 0.895. The number of hydrogen-bond donors (Lipinski definition) is 2. The van der Waals surface area contributed by atoms with Crippen molar-refractivity contribution in [3.05, 3.63) is 40.0 Å². The topological polar surface area (TPSA) is 69.9 Å². The Balaban J connectivity index is 2.13. The van der Waals surface area contributed by atoms with E-state index < -0.39 is 5.60 Å². The van der Waals surface area contributed by atoms with E-state index in [1.807, 2.05) is 19.9 Å². The number of hydrogen-bond acceptors (Lipinski definition) is 5. The number of pyridine rings is 1. The molecule has 0 fully saturated rings. The molecule has 1 aromatic heterocycles. The molecule has 0 radical (unpaired) electrons. The molecule has 7 heteroatoms. The van der Waals surface area contributed by atoms with Crippen LogP contribution in [0.1, 0.15) is 19.5 Å². The molecule has 3 rings (SSSR count). The molecule has 0 saturated carbocycles. The van der Waals surface area contributed by atoms with Gasteiger partial charge in [0.05, 0.1) is 27.8 Å². The first kappa shape index (κ1) is 15.5. The van der Waals surface area contributed by atoms with Crippen LogP contribution in [0.2, 0.25) is 10.0 Å². The SMILES string of the molecule is CC(C)C(O)(c1ccc2c(Cl)c(Cl)ccc2n1)C1CN=NN1. The Kier molecular flexibility index (Phi) is 3.97. The largest absolute Gasteiger partial charge is 0.381 e. The van der Waals surface area contributed by atoms with Gasteiger partial charge in [0.2, 0.25) is 0 Å². The molecular formula is C15H16Cl2N4O. The van der Waals surface area contributed by atoms with Crippen LogP contribution in [0, 0.1) is 5.92 Å². The Hall–Kier alpha value is -1.43. The average Bonchev–Trinajstić information content (AvgIpc) is 3.04. The number of nitrogens with zero attached hydrogens (tertiary/aromatic N) is 3. The normalized spacial score (nSPS) is 20.4. The van der Waals surface area contributed by atoms with Gasteiger partial charge < -0.3 is 5.11 Å². The molecule has 1 aliphatic rings. The molecule has 22 heavy (non-hydrogen) atoms. The highest BCUT2D eigenvalue weighted by Gasteiger charge is 2.44. The van der Waals surface area contributed by atoms with Crippen LogP contribution >= 0.6 is 23.2 Å². The third-order valence-electron chi connectivity index (χ3n) is 4.13. The highest BCUT2D eigenvalue weighted by Crippen LogP contribution is 2.36. The smallest absolute Gasteiger partial charge is 0.132 e. The van der Waals surface area contributed by atoms with E-state index in [4.69, 9.17) is 23.2 Å². The number of halogens is 2. The lowest BCUT2D eigenvalue weighted by Gasteiger charge is -2.36. The van der Waals surface area contributed by atoms with Crippen LogP contribution in [0.4, 0.5) is 0 Å². The van der Waals surface area contributed by atoms with Crippen LogP contribution in [0.25, 0.3) is 10.9 Å². The fourth-order valence-corrected chi connectivity index (χ4v) is 3.14. The molecule has 0 amide bonds. The summed E-state index contributed by atoms with van der Waals surface area (Å²) in [5.74, 6) is -0.0683. The number of nitrogens with one attached hydrogen (secondary N) is 1. The summed E-state index contributed by atoms with van der Waals surface area (Å²) in [4.78, 5) is 4.60. The summed E-state index contributed by atoms with van der Waals surface area (Å²) in [5, 5.41) is 20.6. The van der Waals surface area contributed by atoms with Gasteiger partial charge in [-0.25, -0.2) is 4.98 Å². The van der Waals surface area contributed by atoms with Gasteiger partial charge in [0.1, 0.15) is 11.6 Å². The van der Waals surface area contributed by atoms with E-state index >= 15 is 0 Å². The summed E-state index contributed by atoms with van der Waals surface area (Å²) in [6.45, 7) is 4.30. The maximum absolute atomic E-state index is 11.2. The fraction of sp³-hybridized carbons (Fsp3) is 0.400. The number of aromatic nitrogens is 1. The zero-order chi connectivity index (χ0) is 15.9. The lowest BCUT2D eigenvalue weighted by atomic mass is 9.80. The number of rotatable bonds is 3. The maximum atomic E-state index is 11.2. The minimum atomic E-state index is -1.18. The second-order valence-corrected chi connectivity index (χ2v) is 6.50. The van der Waals surface area contributed by atoms with E-state index in [1.54, 1.807) is 18.2 Å². The van der Waals surface area contributed by atoms with Crippen LogP contribution in [-0.2, 0) is 5.60 Å². The Morgan fingerprint density at radius 3 is 2.68 bits per heavy atom. The van der Waals surface area contributed by atoms with E-state index in [-0.39, 0.29) is 12.0 Å². The van der Waals surface area contributed by atoms with Crippen molar-refractivity contribution in [2.24, 2.45) is 16.3 Å². The predicted molar refractivity (Wildman–Crippen MR) is 87.1 cm³/mol. The highest BCUT2D eigenvalue weighted by molar-refractivity contribution is 6.45. The van der Waals surface area contributed by atoms with E-state index in [0.29, 0.717) is 27.8 Å². The zero-order valence-corrected chi connectivity index (χ0v) is 13.7. The van der Waals surface area contributed by atoms with Gasteiger partial charge in [0.15, 0.2) is 0 Å². The van der Waals surface area contributed by atoms with E-state index in [0.717, 1.165) is 5.39 Å². The number of fused-ring (bicyclic) bond motifs is 1. The van der Waals surface area contributed by atoms with Crippen LogP contribution in [0.3, 0.4) is 0 Å². The summed E-state index contributed by atoms with van der Waals surface area (Å²) in [5.41, 5.74) is 2.95. The Morgan fingerprint density at radius 1 is 1.27 bits per heavy atom. The second kappa shape index (κ2) is 5.65. The highest BCUT2D eigenvalue weighted by atomic mass is 35.5. The maximum Gasteiger partial charge on any atom is 0.132 e. The van der Waals surface area contributed by atoms with Gasteiger partial charge in [-0.1, -0.05) is 42.3 Å². The second-order valence-electron chi connectivity index (χ2n) is 5.71. The number of aliphatic hydroxyl groups is 1. The molecule has 1 aromatic carbocycles. The molecule has 0 spiro atoms. The first-order valence-corrected chi connectivity index (χ1v) is 7.79. The molecule has 1 aliphatic heterocycles. The van der Waals surface area contributed by atoms with Gasteiger partial charge in [-0.05, 0) is 30.2 Å². The van der Waals surface area contributed by atoms with Crippen molar-refractivity contribution in [1.82, 2.24) is 10.4 Å². The molecule has 2 aromatic rings. The van der Waals surface area contributed by atoms with Crippen LogP contribution in [0.5, 0.6) is 0 Å². The molecule has 116 valence electrons. The first-order chi connectivity index (χ1) is 10.4. The summed E-state index contributed by atoms with van der Waals surface area (Å²) in [6, 6.07) is 6.81. The molecule has 2 atom stereocenters. The lowest BCUT2D eigenvalue weighted by molar-refractivity contribution is -0.0419. The Labute approximate surface area is 138 Å². The summed E-state index contributed by atoms with van der Waals surface area (Å²) in [6.07, 6.45) is 0. The van der Waals surface area contributed by atoms with Gasteiger partial charge in [0.25, 0.3) is 0 Å². The third kappa shape index (κ3) is 2.33. The van der Waals surface area contributed by atoms with Crippen molar-refractivity contribution >= 4 is 34.1 Å². The van der Waals surface area contributed by atoms with Crippen molar-refractivity contribution < 1.29 is 5.11 Å². The summed E-state index contributed by atoms with van der Waals surface area (Å²) >= 11 is 12.2. The molecule has 0 saturated heterocycles. The molecule has 0 aliphatic carbocycles. The van der Waals surface area contributed by atoms with Crippen LogP contribution < -0.4 is 5.43 Å². The molecule has 0 bridgehead atoms. The van der Waals surface area contributed by atoms with Gasteiger partial charge in [0, 0.05) is 5.39 Å². The predicted octanol–water partition coefficient (Wildman–Crippen LogP) is 3.72. The van der Waals surface area contributed by atoms with E-state index in [1.165, 1.54) is 0 Å². The van der Waals surface area contributed by atoms with Crippen molar-refractivity contribution in [3.8, 4) is 0 Å². The van der Waals surface area contributed by atoms with Gasteiger partial charge in [-0.3, -0.25) is 5.43 Å². The molecule has 2 heterocycles. The van der Waals surface area contributed by atoms with Crippen molar-refractivity contribution in [3.63, 3.8) is 0 Å². The zero-order valence-electron chi connectivity index (χ0n) is 12.2. The Morgan fingerprint density at radius 2 is 2.05 bits per heavy atom. The van der Waals surface area contributed by atoms with E-state index in [2.05, 4.69) is 20.7 Å². The van der Waals surface area contributed by atoms with Crippen molar-refractivity contribution in [2.75, 3.05) is 6.54 Å². The monoisotopic (exact) mass is 338 g/mol. The van der Waals surface area contributed by atoms with Crippen LogP contribution in [0.15, 0.2) is 34.6 Å². The lowest BCUT2D eigenvalue weighted by Crippen LogP contribution is -2.50. The third-order valence-corrected chi connectivity index (χ3v) is 4.95. The van der Waals surface area contributed by atoms with Crippen molar-refractivity contribution in [2.45, 2.75) is 25.5 Å². The first-order valence-electron chi connectivity index (χ1n) is 7.04. The van der Waals surface area contributed by atoms with Gasteiger partial charge in [-0.2, -0.15) is 5.11 Å². The summed E-state index contributed by atoms with van der Waals surface area (Å²) in [7, 11) is 0. The molecule has 5 nitrogen and oxygen atoms in total. The minimum Gasteiger partial charge on any atom is -0.381 e. The van der Waals surface area contributed by atoms with Crippen LogP contribution in [-0.4, -0.2) is 22.7 Å². The minimum absolute atomic E-state index is 0.0683. The number of benzene rings is 1. The molecule has 2 N–H and O–H groups in total. The van der Waals surface area contributed by atoms with Gasteiger partial charge in [-0.15, -0.1) is 0 Å². The molecule has 2 unspecified atom stereocenters.